The van der Waals surface area contributed by atoms with E-state index in [1.165, 1.54) is 5.56 Å². The molecule has 0 radical (unpaired) electrons. The van der Waals surface area contributed by atoms with Gasteiger partial charge in [-0.05, 0) is 43.2 Å². The van der Waals surface area contributed by atoms with Crippen LogP contribution in [-0.2, 0) is 12.8 Å². The number of hydrogen-bond acceptors (Lipinski definition) is 4. The fourth-order valence-electron chi connectivity index (χ4n) is 2.56. The molecule has 0 saturated carbocycles. The summed E-state index contributed by atoms with van der Waals surface area (Å²) in [6, 6.07) is 11.5. The lowest BCUT2D eigenvalue weighted by molar-refractivity contribution is 0.577. The first-order chi connectivity index (χ1) is 13.2. The molecule has 0 unspecified atom stereocenters. The maximum absolute atomic E-state index is 6.02. The Kier molecular flexibility index (Phi) is 9.29. The number of nitrogens with zero attached hydrogens (tertiary/aromatic N) is 3. The van der Waals surface area contributed by atoms with Gasteiger partial charge in [-0.1, -0.05) is 23.7 Å². The summed E-state index contributed by atoms with van der Waals surface area (Å²) in [4.78, 5) is 9.01. The average molecular weight is 515 g/mol. The molecule has 9 heteroatoms. The summed E-state index contributed by atoms with van der Waals surface area (Å²) < 4.78 is 5.29. The van der Waals surface area contributed by atoms with Crippen molar-refractivity contribution < 1.29 is 4.42 Å². The molecule has 2 heterocycles. The largest absolute Gasteiger partial charge is 0.461 e. The fraction of sp³-hybridized carbons (Fsp3) is 0.316. The molecule has 0 spiro atoms. The molecule has 0 aliphatic carbocycles. The van der Waals surface area contributed by atoms with Crippen LogP contribution < -0.4 is 10.6 Å². The molecule has 0 fully saturated rings. The number of aromatic nitrogens is 3. The Labute approximate surface area is 186 Å². The van der Waals surface area contributed by atoms with E-state index < -0.39 is 0 Å². The normalized spacial score (nSPS) is 11.1. The van der Waals surface area contributed by atoms with Gasteiger partial charge in [0.1, 0.15) is 5.82 Å². The van der Waals surface area contributed by atoms with Gasteiger partial charge >= 0.3 is 0 Å². The second-order valence-corrected chi connectivity index (χ2v) is 6.34. The molecule has 0 atom stereocenters. The summed E-state index contributed by atoms with van der Waals surface area (Å²) in [5, 5.41) is 14.4. The van der Waals surface area contributed by atoms with Gasteiger partial charge in [0, 0.05) is 31.1 Å². The summed E-state index contributed by atoms with van der Waals surface area (Å²) in [5.41, 5.74) is 1.19. The molecule has 3 aromatic rings. The molecular formula is C19H24ClIN6O. The van der Waals surface area contributed by atoms with E-state index in [4.69, 9.17) is 16.0 Å². The number of benzene rings is 1. The molecule has 0 bridgehead atoms. The summed E-state index contributed by atoms with van der Waals surface area (Å²) in [7, 11) is 0. The summed E-state index contributed by atoms with van der Waals surface area (Å²) in [6.45, 7) is 4.21. The van der Waals surface area contributed by atoms with Gasteiger partial charge in [-0.2, -0.15) is 5.10 Å². The van der Waals surface area contributed by atoms with Crippen LogP contribution in [0.3, 0.4) is 0 Å². The van der Waals surface area contributed by atoms with Crippen LogP contribution in [0.5, 0.6) is 0 Å². The minimum absolute atomic E-state index is 0. The van der Waals surface area contributed by atoms with Gasteiger partial charge in [0.2, 0.25) is 5.82 Å². The minimum Gasteiger partial charge on any atom is -0.461 e. The number of aliphatic imine (C=N–C) groups is 1. The van der Waals surface area contributed by atoms with Gasteiger partial charge in [0.05, 0.1) is 6.26 Å². The smallest absolute Gasteiger partial charge is 0.216 e. The molecule has 2 aromatic heterocycles. The molecule has 3 N–H and O–H groups in total. The third kappa shape index (κ3) is 6.83. The van der Waals surface area contributed by atoms with Gasteiger partial charge in [-0.3, -0.25) is 10.1 Å². The number of furan rings is 1. The third-order valence-corrected chi connectivity index (χ3v) is 4.07. The Bertz CT molecular complexity index is 865. The Hall–Kier alpha value is -2.07. The zero-order valence-electron chi connectivity index (χ0n) is 15.6. The predicted octanol–water partition coefficient (Wildman–Crippen LogP) is 3.68. The van der Waals surface area contributed by atoms with Crippen molar-refractivity contribution in [3.63, 3.8) is 0 Å². The van der Waals surface area contributed by atoms with Crippen LogP contribution in [0.25, 0.3) is 11.6 Å². The van der Waals surface area contributed by atoms with E-state index in [2.05, 4.69) is 36.9 Å². The quantitative estimate of drug-likeness (QED) is 0.242. The Morgan fingerprint density at radius 1 is 1.21 bits per heavy atom. The Morgan fingerprint density at radius 2 is 2.11 bits per heavy atom. The van der Waals surface area contributed by atoms with E-state index in [1.807, 2.05) is 37.3 Å². The first kappa shape index (κ1) is 22.2. The topological polar surface area (TPSA) is 91.1 Å². The highest BCUT2D eigenvalue weighted by Crippen LogP contribution is 2.14. The maximum atomic E-state index is 6.02. The lowest BCUT2D eigenvalue weighted by Gasteiger charge is -2.11. The van der Waals surface area contributed by atoms with E-state index in [0.717, 1.165) is 36.3 Å². The number of rotatable bonds is 8. The second kappa shape index (κ2) is 11.7. The van der Waals surface area contributed by atoms with Crippen LogP contribution in [0, 0.1) is 0 Å². The van der Waals surface area contributed by atoms with Gasteiger partial charge in [-0.15, -0.1) is 24.0 Å². The van der Waals surface area contributed by atoms with Gasteiger partial charge < -0.3 is 15.1 Å². The number of hydrogen-bond donors (Lipinski definition) is 3. The molecule has 0 amide bonds. The predicted molar refractivity (Wildman–Crippen MR) is 122 cm³/mol. The van der Waals surface area contributed by atoms with Crippen LogP contribution in [0.2, 0.25) is 5.02 Å². The zero-order chi connectivity index (χ0) is 18.9. The van der Waals surface area contributed by atoms with Crippen LogP contribution in [0.15, 0.2) is 52.1 Å². The van der Waals surface area contributed by atoms with Crippen LogP contribution in [0.4, 0.5) is 0 Å². The van der Waals surface area contributed by atoms with Crippen molar-refractivity contribution in [2.45, 2.75) is 19.8 Å². The molecule has 150 valence electrons. The molecule has 7 nitrogen and oxygen atoms in total. The lowest BCUT2D eigenvalue weighted by Crippen LogP contribution is -2.38. The van der Waals surface area contributed by atoms with Crippen molar-refractivity contribution >= 4 is 41.5 Å². The summed E-state index contributed by atoms with van der Waals surface area (Å²) >= 11 is 6.02. The maximum Gasteiger partial charge on any atom is 0.216 e. The van der Waals surface area contributed by atoms with Gasteiger partial charge in [0.15, 0.2) is 11.7 Å². The number of aromatic amines is 1. The zero-order valence-corrected chi connectivity index (χ0v) is 18.7. The van der Waals surface area contributed by atoms with Crippen LogP contribution in [-0.4, -0.2) is 40.8 Å². The highest BCUT2D eigenvalue weighted by Gasteiger charge is 2.08. The van der Waals surface area contributed by atoms with E-state index in [0.29, 0.717) is 24.6 Å². The Morgan fingerprint density at radius 3 is 2.86 bits per heavy atom. The van der Waals surface area contributed by atoms with E-state index >= 15 is 0 Å². The third-order valence-electron chi connectivity index (χ3n) is 3.83. The van der Waals surface area contributed by atoms with Crippen LogP contribution in [0.1, 0.15) is 18.3 Å². The van der Waals surface area contributed by atoms with Crippen molar-refractivity contribution in [2.24, 2.45) is 4.99 Å². The van der Waals surface area contributed by atoms with Crippen molar-refractivity contribution in [1.29, 1.82) is 0 Å². The molecule has 28 heavy (non-hydrogen) atoms. The molecular weight excluding hydrogens is 491 g/mol. The number of halogens is 2. The van der Waals surface area contributed by atoms with Crippen molar-refractivity contribution in [3.8, 4) is 11.6 Å². The number of nitrogens with one attached hydrogen (secondary N) is 3. The highest BCUT2D eigenvalue weighted by molar-refractivity contribution is 14.0. The van der Waals surface area contributed by atoms with Crippen molar-refractivity contribution in [2.75, 3.05) is 19.6 Å². The molecule has 1 aromatic carbocycles. The monoisotopic (exact) mass is 514 g/mol. The minimum atomic E-state index is 0. The molecule has 0 aliphatic heterocycles. The lowest BCUT2D eigenvalue weighted by atomic mass is 10.1. The average Bonchev–Trinajstić information content (AvgIpc) is 3.33. The SMILES string of the molecule is CCNC(=NCCc1nc(-c2ccco2)n[nH]1)NCCc1cccc(Cl)c1.I. The van der Waals surface area contributed by atoms with E-state index in [-0.39, 0.29) is 24.0 Å². The van der Waals surface area contributed by atoms with E-state index in [9.17, 15) is 0 Å². The molecule has 0 aliphatic rings. The van der Waals surface area contributed by atoms with E-state index in [1.54, 1.807) is 6.26 Å². The molecule has 0 saturated heterocycles. The fourth-order valence-corrected chi connectivity index (χ4v) is 2.77. The van der Waals surface area contributed by atoms with Crippen LogP contribution >= 0.6 is 35.6 Å². The highest BCUT2D eigenvalue weighted by atomic mass is 127. The number of H-pyrrole nitrogens is 1. The summed E-state index contributed by atoms with van der Waals surface area (Å²) in [6.07, 6.45) is 3.14. The van der Waals surface area contributed by atoms with Crippen molar-refractivity contribution in [3.05, 3.63) is 59.1 Å². The van der Waals surface area contributed by atoms with Gasteiger partial charge in [0.25, 0.3) is 0 Å². The first-order valence-corrected chi connectivity index (χ1v) is 9.34. The first-order valence-electron chi connectivity index (χ1n) is 8.96. The Balaban J connectivity index is 0.00000280. The second-order valence-electron chi connectivity index (χ2n) is 5.90. The van der Waals surface area contributed by atoms with Gasteiger partial charge in [-0.25, -0.2) is 4.98 Å². The molecule has 3 rings (SSSR count). The standard InChI is InChI=1S/C19H23ClN6O.HI/c1-2-21-19(22-10-8-14-5-3-6-15(20)13-14)23-11-9-17-24-18(26-25-17)16-7-4-12-27-16;/h3-7,12-13H,2,8-11H2,1H3,(H2,21,22,23)(H,24,25,26);1H. The van der Waals surface area contributed by atoms with Crippen molar-refractivity contribution in [1.82, 2.24) is 25.8 Å². The number of guanidine groups is 1. The summed E-state index contributed by atoms with van der Waals surface area (Å²) in [5.74, 6) is 2.77.